The molecule has 1 saturated heterocycles. The number of carbonyl (C=O) groups excluding carboxylic acids is 2. The van der Waals surface area contributed by atoms with Crippen molar-refractivity contribution in [2.45, 2.75) is 37.9 Å². The number of hydrogen-bond donors (Lipinski definition) is 0. The molecule has 0 amide bonds. The van der Waals surface area contributed by atoms with E-state index in [1.165, 1.54) is 6.92 Å². The lowest BCUT2D eigenvalue weighted by molar-refractivity contribution is -0.218. The van der Waals surface area contributed by atoms with E-state index < -0.39 is 31.3 Å². The van der Waals surface area contributed by atoms with Gasteiger partial charge >= 0.3 is 17.7 Å². The van der Waals surface area contributed by atoms with E-state index in [9.17, 15) is 9.59 Å². The van der Waals surface area contributed by atoms with Crippen LogP contribution in [0.3, 0.4) is 0 Å². The fraction of sp³-hybridized carbons (Fsp3) is 0.600. The first kappa shape index (κ1) is 11.8. The van der Waals surface area contributed by atoms with E-state index in [1.807, 2.05) is 19.6 Å². The zero-order valence-corrected chi connectivity index (χ0v) is 10.3. The molecule has 0 aromatic rings. The van der Waals surface area contributed by atoms with Crippen molar-refractivity contribution >= 4 is 20.0 Å². The van der Waals surface area contributed by atoms with Crippen LogP contribution in [-0.2, 0) is 19.1 Å². The average molecular weight is 226 g/mol. The Morgan fingerprint density at radius 1 is 1.27 bits per heavy atom. The van der Waals surface area contributed by atoms with Gasteiger partial charge in [-0.3, -0.25) is 9.59 Å². The molecule has 15 heavy (non-hydrogen) atoms. The molecule has 0 bridgehead atoms. The van der Waals surface area contributed by atoms with Gasteiger partial charge in [-0.05, 0) is 5.92 Å². The number of hydrogen-bond acceptors (Lipinski definition) is 4. The van der Waals surface area contributed by atoms with Gasteiger partial charge in [0.25, 0.3) is 0 Å². The van der Waals surface area contributed by atoms with Crippen LogP contribution in [0, 0.1) is 12.3 Å². The van der Waals surface area contributed by atoms with Crippen molar-refractivity contribution in [3.8, 4) is 12.3 Å². The Balaban J connectivity index is 2.99. The number of esters is 2. The van der Waals surface area contributed by atoms with Gasteiger partial charge in [0.05, 0.1) is 8.07 Å². The lowest BCUT2D eigenvalue weighted by Gasteiger charge is -2.35. The minimum atomic E-state index is -1.98. The van der Waals surface area contributed by atoms with Crippen LogP contribution in [0.1, 0.15) is 6.92 Å². The summed E-state index contributed by atoms with van der Waals surface area (Å²) in [6.07, 6.45) is 5.12. The molecule has 0 N–H and O–H groups in total. The molecule has 0 radical (unpaired) electrons. The molecule has 0 aliphatic carbocycles. The number of terminal acetylenes is 1. The van der Waals surface area contributed by atoms with E-state index in [-0.39, 0.29) is 0 Å². The van der Waals surface area contributed by atoms with Crippen molar-refractivity contribution in [2.24, 2.45) is 0 Å². The third-order valence-electron chi connectivity index (χ3n) is 2.19. The first-order valence-corrected chi connectivity index (χ1v) is 8.21. The van der Waals surface area contributed by atoms with Gasteiger partial charge < -0.3 is 9.47 Å². The highest BCUT2D eigenvalue weighted by Crippen LogP contribution is 2.33. The number of rotatable bonds is 1. The molecule has 1 aliphatic rings. The molecule has 5 heteroatoms. The molecule has 0 unspecified atom stereocenters. The Bertz CT molecular complexity index is 329. The highest BCUT2D eigenvalue weighted by atomic mass is 28.3. The average Bonchev–Trinajstić information content (AvgIpc) is 1.99. The monoisotopic (exact) mass is 226 g/mol. The van der Waals surface area contributed by atoms with Gasteiger partial charge in [0.15, 0.2) is 0 Å². The maximum atomic E-state index is 11.6. The smallest absolute Gasteiger partial charge is 0.321 e. The predicted molar refractivity (Wildman–Crippen MR) is 56.5 cm³/mol. The highest BCUT2D eigenvalue weighted by Gasteiger charge is 2.50. The van der Waals surface area contributed by atoms with Crippen LogP contribution in [0.15, 0.2) is 0 Å². The fourth-order valence-corrected chi connectivity index (χ4v) is 2.92. The lowest BCUT2D eigenvalue weighted by Crippen LogP contribution is -2.51. The predicted octanol–water partition coefficient (Wildman–Crippen LogP) is 1.14. The van der Waals surface area contributed by atoms with E-state index >= 15 is 0 Å². The molecule has 82 valence electrons. The third-order valence-corrected chi connectivity index (χ3v) is 4.39. The normalized spacial score (nSPS) is 31.5. The molecule has 0 saturated carbocycles. The molecule has 1 aliphatic heterocycles. The van der Waals surface area contributed by atoms with Crippen LogP contribution in [0.25, 0.3) is 0 Å². The Morgan fingerprint density at radius 3 is 1.93 bits per heavy atom. The van der Waals surface area contributed by atoms with E-state index in [0.717, 1.165) is 0 Å². The summed E-state index contributed by atoms with van der Waals surface area (Å²) in [7, 11) is -1.98. The molecule has 1 fully saturated rings. The molecule has 0 aromatic heterocycles. The number of cyclic esters (lactones) is 2. The number of carbonyl (C=O) groups is 2. The Kier molecular flexibility index (Phi) is 2.66. The molecular formula is C10H14O4Si. The summed E-state index contributed by atoms with van der Waals surface area (Å²) in [5.74, 6) is -0.523. The molecule has 0 atom stereocenters. The van der Waals surface area contributed by atoms with Crippen molar-refractivity contribution in [3.63, 3.8) is 0 Å². The van der Waals surface area contributed by atoms with Gasteiger partial charge in [-0.25, -0.2) is 0 Å². The van der Waals surface area contributed by atoms with Crippen LogP contribution < -0.4 is 0 Å². The summed E-state index contributed by atoms with van der Waals surface area (Å²) < 4.78 is 9.90. The summed E-state index contributed by atoms with van der Waals surface area (Å²) in [5, 5.41) is 0. The second-order valence-electron chi connectivity index (χ2n) is 4.73. The summed E-state index contributed by atoms with van der Waals surface area (Å²) in [4.78, 5) is 23.3. The van der Waals surface area contributed by atoms with E-state index in [2.05, 4.69) is 5.92 Å². The van der Waals surface area contributed by atoms with Crippen molar-refractivity contribution in [1.82, 2.24) is 0 Å². The van der Waals surface area contributed by atoms with Crippen LogP contribution in [0.2, 0.25) is 25.2 Å². The zero-order valence-electron chi connectivity index (χ0n) is 9.29. The van der Waals surface area contributed by atoms with Gasteiger partial charge in [-0.2, -0.15) is 0 Å². The molecule has 0 aromatic carbocycles. The van der Waals surface area contributed by atoms with Gasteiger partial charge in [0, 0.05) is 6.92 Å². The van der Waals surface area contributed by atoms with Gasteiger partial charge in [0.2, 0.25) is 0 Å². The second kappa shape index (κ2) is 3.38. The molecule has 0 spiro atoms. The number of ether oxygens (including phenoxy) is 2. The molecular weight excluding hydrogens is 212 g/mol. The van der Waals surface area contributed by atoms with Crippen molar-refractivity contribution < 1.29 is 19.1 Å². The standard InChI is InChI=1S/C10H14O4Si/c1-6-10(2)13-8(11)7(9(12)14-10)15(3,4)5/h1,7H,2-5H3. The minimum absolute atomic E-state index is 0.564. The lowest BCUT2D eigenvalue weighted by atomic mass is 10.3. The van der Waals surface area contributed by atoms with Crippen LogP contribution in [0.4, 0.5) is 0 Å². The fourth-order valence-electron chi connectivity index (χ4n) is 1.38. The maximum Gasteiger partial charge on any atom is 0.321 e. The third kappa shape index (κ3) is 2.21. The first-order valence-electron chi connectivity index (χ1n) is 4.63. The zero-order chi connectivity index (χ0) is 11.9. The summed E-state index contributed by atoms with van der Waals surface area (Å²) in [6, 6.07) is 0. The van der Waals surface area contributed by atoms with Crippen molar-refractivity contribution in [2.75, 3.05) is 0 Å². The van der Waals surface area contributed by atoms with Crippen LogP contribution in [0.5, 0.6) is 0 Å². The van der Waals surface area contributed by atoms with Crippen molar-refractivity contribution in [1.29, 1.82) is 0 Å². The minimum Gasteiger partial charge on any atom is -0.411 e. The van der Waals surface area contributed by atoms with E-state index in [1.54, 1.807) is 0 Å². The first-order chi connectivity index (χ1) is 6.69. The molecule has 4 nitrogen and oxygen atoms in total. The van der Waals surface area contributed by atoms with E-state index in [4.69, 9.17) is 15.9 Å². The van der Waals surface area contributed by atoms with Crippen LogP contribution >= 0.6 is 0 Å². The highest BCUT2D eigenvalue weighted by molar-refractivity contribution is 6.83. The molecule has 1 heterocycles. The SMILES string of the molecule is C#CC1(C)OC(=O)C([Si](C)(C)C)C(=O)O1. The van der Waals surface area contributed by atoms with Gasteiger partial charge in [-0.1, -0.05) is 19.6 Å². The largest absolute Gasteiger partial charge is 0.411 e. The van der Waals surface area contributed by atoms with Gasteiger partial charge in [-0.15, -0.1) is 6.42 Å². The Morgan fingerprint density at radius 2 is 1.67 bits per heavy atom. The quantitative estimate of drug-likeness (QED) is 0.291. The Labute approximate surface area is 89.9 Å². The summed E-state index contributed by atoms with van der Waals surface area (Å²) >= 11 is 0. The second-order valence-corrected chi connectivity index (χ2v) is 10.0. The van der Waals surface area contributed by atoms with E-state index in [0.29, 0.717) is 0 Å². The summed E-state index contributed by atoms with van der Waals surface area (Å²) in [5.41, 5.74) is -0.779. The van der Waals surface area contributed by atoms with Crippen molar-refractivity contribution in [3.05, 3.63) is 0 Å². The summed E-state index contributed by atoms with van der Waals surface area (Å²) in [6.45, 7) is 7.08. The maximum absolute atomic E-state index is 11.6. The van der Waals surface area contributed by atoms with Gasteiger partial charge in [0.1, 0.15) is 5.54 Å². The Hall–Kier alpha value is -1.28. The van der Waals surface area contributed by atoms with Crippen LogP contribution in [-0.4, -0.2) is 25.8 Å². The topological polar surface area (TPSA) is 52.6 Å². The molecule has 1 rings (SSSR count).